The average molecular weight is 273 g/mol. The lowest BCUT2D eigenvalue weighted by atomic mass is 10.3. The van der Waals surface area contributed by atoms with Crippen LogP contribution in [-0.2, 0) is 0 Å². The number of aromatic nitrogens is 2. The maximum absolute atomic E-state index is 4.47. The number of fused-ring (bicyclic) bond motifs is 1. The molecule has 0 unspecified atom stereocenters. The lowest BCUT2D eigenvalue weighted by Gasteiger charge is -2.04. The predicted molar refractivity (Wildman–Crippen MR) is 68.8 cm³/mol. The van der Waals surface area contributed by atoms with Crippen LogP contribution in [0.15, 0.2) is 59.3 Å². The summed E-state index contributed by atoms with van der Waals surface area (Å²) < 4.78 is 2.93. The van der Waals surface area contributed by atoms with Gasteiger partial charge in [-0.3, -0.25) is 4.57 Å². The molecule has 16 heavy (non-hydrogen) atoms. The lowest BCUT2D eigenvalue weighted by molar-refractivity contribution is 1.05. The van der Waals surface area contributed by atoms with Gasteiger partial charge in [0.25, 0.3) is 0 Å². The summed E-state index contributed by atoms with van der Waals surface area (Å²) in [6.07, 6.45) is 0. The zero-order valence-corrected chi connectivity index (χ0v) is 10.1. The Morgan fingerprint density at radius 1 is 0.875 bits per heavy atom. The standard InChI is InChI=1S/C13H9BrN2/c14-13-15-11-8-4-5-9-12(11)16(13)10-6-2-1-3-7-10/h1-9H. The SMILES string of the molecule is Brc1nc2ccccc2n1-c1ccccc1. The van der Waals surface area contributed by atoms with Crippen molar-refractivity contribution in [3.63, 3.8) is 0 Å². The van der Waals surface area contributed by atoms with Gasteiger partial charge in [-0.1, -0.05) is 30.3 Å². The third kappa shape index (κ3) is 1.44. The minimum Gasteiger partial charge on any atom is -0.287 e. The number of hydrogen-bond donors (Lipinski definition) is 0. The van der Waals surface area contributed by atoms with Crippen molar-refractivity contribution in [3.05, 3.63) is 59.3 Å². The third-order valence-corrected chi connectivity index (χ3v) is 3.07. The Balaban J connectivity index is 2.35. The van der Waals surface area contributed by atoms with Crippen LogP contribution in [-0.4, -0.2) is 9.55 Å². The number of rotatable bonds is 1. The van der Waals surface area contributed by atoms with Gasteiger partial charge in [0.05, 0.1) is 11.0 Å². The summed E-state index contributed by atoms with van der Waals surface area (Å²) in [7, 11) is 0. The molecule has 0 radical (unpaired) electrons. The first-order valence-corrected chi connectivity index (χ1v) is 5.84. The van der Waals surface area contributed by atoms with Crippen molar-refractivity contribution in [1.29, 1.82) is 0 Å². The fourth-order valence-electron chi connectivity index (χ4n) is 1.82. The zero-order chi connectivity index (χ0) is 11.0. The Hall–Kier alpha value is -1.61. The van der Waals surface area contributed by atoms with Crippen LogP contribution >= 0.6 is 15.9 Å². The largest absolute Gasteiger partial charge is 0.287 e. The van der Waals surface area contributed by atoms with Crippen molar-refractivity contribution in [2.45, 2.75) is 0 Å². The van der Waals surface area contributed by atoms with Crippen molar-refractivity contribution >= 4 is 27.0 Å². The van der Waals surface area contributed by atoms with E-state index in [2.05, 4.69) is 43.7 Å². The molecule has 0 spiro atoms. The molecule has 0 saturated heterocycles. The minimum absolute atomic E-state index is 0.833. The first-order chi connectivity index (χ1) is 7.86. The molecule has 1 aromatic heterocycles. The first-order valence-electron chi connectivity index (χ1n) is 5.05. The smallest absolute Gasteiger partial charge is 0.182 e. The lowest BCUT2D eigenvalue weighted by Crippen LogP contribution is -1.93. The highest BCUT2D eigenvalue weighted by Crippen LogP contribution is 2.24. The van der Waals surface area contributed by atoms with Crippen molar-refractivity contribution in [2.75, 3.05) is 0 Å². The molecule has 2 nitrogen and oxygen atoms in total. The molecule has 0 saturated carbocycles. The van der Waals surface area contributed by atoms with E-state index in [1.165, 1.54) is 0 Å². The van der Waals surface area contributed by atoms with Gasteiger partial charge in [-0.15, -0.1) is 0 Å². The number of halogens is 1. The van der Waals surface area contributed by atoms with Crippen LogP contribution in [0.25, 0.3) is 16.7 Å². The molecule has 0 bridgehead atoms. The van der Waals surface area contributed by atoms with Gasteiger partial charge in [-0.2, -0.15) is 0 Å². The Morgan fingerprint density at radius 2 is 1.56 bits per heavy atom. The molecule has 3 heteroatoms. The van der Waals surface area contributed by atoms with Crippen LogP contribution in [0.3, 0.4) is 0 Å². The normalized spacial score (nSPS) is 10.8. The van der Waals surface area contributed by atoms with Gasteiger partial charge in [-0.05, 0) is 40.2 Å². The summed E-state index contributed by atoms with van der Waals surface area (Å²) in [6, 6.07) is 18.3. The van der Waals surface area contributed by atoms with E-state index in [0.29, 0.717) is 0 Å². The van der Waals surface area contributed by atoms with E-state index < -0.39 is 0 Å². The highest BCUT2D eigenvalue weighted by atomic mass is 79.9. The summed E-state index contributed by atoms with van der Waals surface area (Å²) in [5, 5.41) is 0. The average Bonchev–Trinajstić information content (AvgIpc) is 2.66. The number of nitrogens with zero attached hydrogens (tertiary/aromatic N) is 2. The molecule has 0 N–H and O–H groups in total. The quantitative estimate of drug-likeness (QED) is 0.659. The van der Waals surface area contributed by atoms with Crippen molar-refractivity contribution in [2.24, 2.45) is 0 Å². The maximum Gasteiger partial charge on any atom is 0.182 e. The second-order valence-electron chi connectivity index (χ2n) is 3.54. The molecule has 0 amide bonds. The van der Waals surface area contributed by atoms with Crippen molar-refractivity contribution < 1.29 is 0 Å². The molecule has 2 aromatic carbocycles. The molecule has 3 rings (SSSR count). The molecule has 0 aliphatic carbocycles. The molecule has 78 valence electrons. The van der Waals surface area contributed by atoms with Crippen molar-refractivity contribution in [1.82, 2.24) is 9.55 Å². The molecule has 0 aliphatic heterocycles. The monoisotopic (exact) mass is 272 g/mol. The molecule has 0 atom stereocenters. The van der Waals surface area contributed by atoms with Gasteiger partial charge < -0.3 is 0 Å². The van der Waals surface area contributed by atoms with E-state index in [-0.39, 0.29) is 0 Å². The molecular weight excluding hydrogens is 264 g/mol. The Labute approximate surface area is 102 Å². The highest BCUT2D eigenvalue weighted by Gasteiger charge is 2.08. The van der Waals surface area contributed by atoms with E-state index in [9.17, 15) is 0 Å². The second-order valence-corrected chi connectivity index (χ2v) is 4.25. The van der Waals surface area contributed by atoms with Gasteiger partial charge in [-0.25, -0.2) is 4.98 Å². The third-order valence-electron chi connectivity index (χ3n) is 2.53. The second kappa shape index (κ2) is 3.76. The summed E-state index contributed by atoms with van der Waals surface area (Å²) in [5.41, 5.74) is 3.22. The fourth-order valence-corrected chi connectivity index (χ4v) is 2.41. The first kappa shape index (κ1) is 9.60. The summed E-state index contributed by atoms with van der Waals surface area (Å²) in [6.45, 7) is 0. The minimum atomic E-state index is 0.833. The van der Waals surface area contributed by atoms with Crippen LogP contribution in [0.4, 0.5) is 0 Å². The van der Waals surface area contributed by atoms with E-state index in [4.69, 9.17) is 0 Å². The fraction of sp³-hybridized carbons (Fsp3) is 0. The molecule has 3 aromatic rings. The Bertz CT molecular complexity index is 629. The van der Waals surface area contributed by atoms with Crippen LogP contribution in [0, 0.1) is 0 Å². The van der Waals surface area contributed by atoms with Gasteiger partial charge in [0, 0.05) is 5.69 Å². The zero-order valence-electron chi connectivity index (χ0n) is 8.47. The predicted octanol–water partition coefficient (Wildman–Crippen LogP) is 3.79. The molecular formula is C13H9BrN2. The molecule has 1 heterocycles. The molecule has 0 fully saturated rings. The number of benzene rings is 2. The van der Waals surface area contributed by atoms with E-state index in [1.54, 1.807) is 0 Å². The van der Waals surface area contributed by atoms with Gasteiger partial charge in [0.15, 0.2) is 4.73 Å². The van der Waals surface area contributed by atoms with Crippen LogP contribution in [0.1, 0.15) is 0 Å². The van der Waals surface area contributed by atoms with Gasteiger partial charge >= 0.3 is 0 Å². The van der Waals surface area contributed by atoms with E-state index in [0.717, 1.165) is 21.5 Å². The number of imidazole rings is 1. The Morgan fingerprint density at radius 3 is 2.38 bits per heavy atom. The summed E-state index contributed by atoms with van der Waals surface area (Å²) >= 11 is 3.50. The molecule has 0 aliphatic rings. The van der Waals surface area contributed by atoms with Crippen molar-refractivity contribution in [3.8, 4) is 5.69 Å². The van der Waals surface area contributed by atoms with Crippen LogP contribution < -0.4 is 0 Å². The van der Waals surface area contributed by atoms with Gasteiger partial charge in [0.2, 0.25) is 0 Å². The highest BCUT2D eigenvalue weighted by molar-refractivity contribution is 9.10. The summed E-state index contributed by atoms with van der Waals surface area (Å²) in [4.78, 5) is 4.47. The topological polar surface area (TPSA) is 17.8 Å². The number of hydrogen-bond acceptors (Lipinski definition) is 1. The van der Waals surface area contributed by atoms with Gasteiger partial charge in [0.1, 0.15) is 0 Å². The van der Waals surface area contributed by atoms with Crippen LogP contribution in [0.5, 0.6) is 0 Å². The summed E-state index contributed by atoms with van der Waals surface area (Å²) in [5.74, 6) is 0. The Kier molecular flexibility index (Phi) is 2.26. The number of para-hydroxylation sites is 3. The van der Waals surface area contributed by atoms with Crippen LogP contribution in [0.2, 0.25) is 0 Å². The van der Waals surface area contributed by atoms with E-state index in [1.807, 2.05) is 36.4 Å². The van der Waals surface area contributed by atoms with E-state index >= 15 is 0 Å². The maximum atomic E-state index is 4.47.